The van der Waals surface area contributed by atoms with Gasteiger partial charge in [-0.1, -0.05) is 13.3 Å². The Labute approximate surface area is 208 Å². The highest BCUT2D eigenvalue weighted by Crippen LogP contribution is 2.65. The van der Waals surface area contributed by atoms with Crippen LogP contribution in [-0.2, 0) is 0 Å². The van der Waals surface area contributed by atoms with Crippen molar-refractivity contribution in [3.05, 3.63) is 0 Å². The Morgan fingerprint density at radius 2 is 0.800 bits per heavy atom. The molecule has 0 aromatic heterocycles. The van der Waals surface area contributed by atoms with Crippen LogP contribution < -0.4 is 5.32 Å². The number of aliphatic hydroxyl groups is 1. The Hall–Kier alpha value is -2.17. The number of carboxylic acid groups (broad SMARTS) is 1. The van der Waals surface area contributed by atoms with Crippen LogP contribution in [0.4, 0.5) is 92.6 Å². The second-order valence-electron chi connectivity index (χ2n) is 7.61. The number of unbranched alkanes of at least 4 members (excludes halogenated alkanes) is 1. The highest BCUT2D eigenvalue weighted by molar-refractivity contribution is 5.64. The van der Waals surface area contributed by atoms with Crippen LogP contribution in [0.1, 0.15) is 26.7 Å². The van der Waals surface area contributed by atoms with Crippen LogP contribution in [0.2, 0.25) is 0 Å². The third-order valence-corrected chi connectivity index (χ3v) is 4.50. The number of amides is 1. The fourth-order valence-corrected chi connectivity index (χ4v) is 2.02. The van der Waals surface area contributed by atoms with Crippen molar-refractivity contribution in [3.63, 3.8) is 0 Å². The van der Waals surface area contributed by atoms with E-state index in [1.54, 1.807) is 0 Å². The van der Waals surface area contributed by atoms with E-state index in [-0.39, 0.29) is 0 Å². The van der Waals surface area contributed by atoms with Gasteiger partial charge >= 0.3 is 65.5 Å². The summed E-state index contributed by atoms with van der Waals surface area (Å²) >= 11 is 0. The Morgan fingerprint density at radius 3 is 1.00 bits per heavy atom. The van der Waals surface area contributed by atoms with Gasteiger partial charge in [-0.2, -0.15) is 87.8 Å². The number of hydrogen-bond acceptors (Lipinski definition) is 2. The van der Waals surface area contributed by atoms with Crippen molar-refractivity contribution in [2.24, 2.45) is 0 Å². The molecule has 0 spiro atoms. The molecule has 0 aromatic carbocycles. The van der Waals surface area contributed by atoms with Crippen molar-refractivity contribution in [3.8, 4) is 0 Å². The van der Waals surface area contributed by atoms with Crippen LogP contribution in [0.5, 0.6) is 0 Å². The zero-order valence-electron chi connectivity index (χ0n) is 19.0. The van der Waals surface area contributed by atoms with Gasteiger partial charge in [-0.25, -0.2) is 4.79 Å². The average molecular weight is 649 g/mol. The summed E-state index contributed by atoms with van der Waals surface area (Å²) in [6.07, 6.45) is -6.46. The van der Waals surface area contributed by atoms with E-state index in [1.807, 2.05) is 6.92 Å². The minimum Gasteiger partial charge on any atom is -0.465 e. The van der Waals surface area contributed by atoms with Gasteiger partial charge in [-0.3, -0.25) is 0 Å². The minimum absolute atomic E-state index is 0.575. The zero-order chi connectivity index (χ0) is 33.4. The van der Waals surface area contributed by atoms with Crippen molar-refractivity contribution in [1.82, 2.24) is 5.32 Å². The van der Waals surface area contributed by atoms with E-state index in [1.165, 1.54) is 0 Å². The number of rotatable bonds is 12. The van der Waals surface area contributed by atoms with Crippen LogP contribution in [0, 0.1) is 0 Å². The molecular weight excluding hydrogens is 634 g/mol. The maximum Gasteiger partial charge on any atom is 0.423 e. The Balaban J connectivity index is 0. The quantitative estimate of drug-likeness (QED) is 0.153. The smallest absolute Gasteiger partial charge is 0.423 e. The van der Waals surface area contributed by atoms with E-state index < -0.39 is 72.4 Å². The predicted molar refractivity (Wildman–Crippen MR) is 88.3 cm³/mol. The molecule has 242 valence electrons. The van der Waals surface area contributed by atoms with Crippen LogP contribution in [-0.4, -0.2) is 82.3 Å². The lowest BCUT2D eigenvalue weighted by Crippen LogP contribution is -2.76. The summed E-state index contributed by atoms with van der Waals surface area (Å²) in [5.74, 6) is -75.6. The summed E-state index contributed by atoms with van der Waals surface area (Å²) in [5.41, 5.74) is 0. The molecule has 0 rings (SSSR count). The summed E-state index contributed by atoms with van der Waals surface area (Å²) in [7, 11) is 0. The van der Waals surface area contributed by atoms with Crippen LogP contribution in [0.25, 0.3) is 0 Å². The summed E-state index contributed by atoms with van der Waals surface area (Å²) < 4.78 is 258. The molecule has 0 aliphatic heterocycles. The molecule has 1 amide bonds. The molecule has 0 bridgehead atoms. The van der Waals surface area contributed by atoms with Gasteiger partial charge in [0, 0.05) is 13.5 Å². The molecule has 0 aliphatic rings. The zero-order valence-corrected chi connectivity index (χ0v) is 19.0. The molecule has 0 saturated heterocycles. The van der Waals surface area contributed by atoms with Gasteiger partial charge in [-0.15, -0.1) is 0 Å². The molecule has 3 N–H and O–H groups in total. The molecule has 24 heteroatoms. The summed E-state index contributed by atoms with van der Waals surface area (Å²) in [6, 6.07) is 0. The first-order valence-corrected chi connectivity index (χ1v) is 9.49. The van der Waals surface area contributed by atoms with E-state index in [0.29, 0.717) is 6.54 Å². The lowest BCUT2D eigenvalue weighted by molar-refractivity contribution is -0.478. The van der Waals surface area contributed by atoms with Gasteiger partial charge < -0.3 is 15.5 Å². The third kappa shape index (κ3) is 6.19. The predicted octanol–water partition coefficient (Wildman–Crippen LogP) is 7.36. The molecule has 0 atom stereocenters. The van der Waals surface area contributed by atoms with Crippen LogP contribution in [0.15, 0.2) is 0 Å². The molecule has 0 saturated carbocycles. The summed E-state index contributed by atoms with van der Waals surface area (Å²) in [6.45, 7) is 1.20. The van der Waals surface area contributed by atoms with Gasteiger partial charge in [0.2, 0.25) is 0 Å². The number of nitrogens with one attached hydrogen (secondary N) is 1. The second kappa shape index (κ2) is 11.2. The fourth-order valence-electron chi connectivity index (χ4n) is 2.02. The minimum atomic E-state index is -9.07. The van der Waals surface area contributed by atoms with Crippen LogP contribution in [0.3, 0.4) is 0 Å². The molecule has 0 fully saturated rings. The van der Waals surface area contributed by atoms with Crippen molar-refractivity contribution in [2.45, 2.75) is 86.1 Å². The maximum absolute atomic E-state index is 13.2. The summed E-state index contributed by atoms with van der Waals surface area (Å²) in [4.78, 5) is 9.76. The van der Waals surface area contributed by atoms with Gasteiger partial charge in [0.05, 0.1) is 0 Å². The van der Waals surface area contributed by atoms with E-state index in [0.717, 1.165) is 12.8 Å². The molecule has 0 heterocycles. The first-order valence-electron chi connectivity index (χ1n) is 9.49. The summed E-state index contributed by atoms with van der Waals surface area (Å²) in [5, 5.41) is 17.7. The van der Waals surface area contributed by atoms with Crippen molar-refractivity contribution in [2.75, 3.05) is 6.54 Å². The number of carbonyl (C=O) groups is 1. The third-order valence-electron chi connectivity index (χ3n) is 4.50. The maximum atomic E-state index is 13.2. The van der Waals surface area contributed by atoms with E-state index in [9.17, 15) is 92.6 Å². The van der Waals surface area contributed by atoms with Gasteiger partial charge in [0.1, 0.15) is 0 Å². The Morgan fingerprint density at radius 1 is 0.550 bits per heavy atom. The highest BCUT2D eigenvalue weighted by Gasteiger charge is 2.97. The monoisotopic (exact) mass is 649 g/mol. The first-order chi connectivity index (χ1) is 17.0. The Bertz CT molecular complexity index is 801. The molecule has 0 radical (unpaired) electrons. The topological polar surface area (TPSA) is 69.6 Å². The highest BCUT2D eigenvalue weighted by atomic mass is 19.4. The lowest BCUT2D eigenvalue weighted by atomic mass is 9.86. The van der Waals surface area contributed by atoms with E-state index >= 15 is 0 Å². The Kier molecular flexibility index (Phi) is 11.2. The standard InChI is InChI=1S/C11H4F20O.C5H11NO2/c1-2(12,13)3(14,15)4(16,17)5(18,19)6(20,21)7(22,23)8(24,25)9(26,27)10(28,29)11(30,31)32;1-2-3-4-6-5(7)8/h32H,1H3;6H,2-4H2,1H3,(H,7,8). The molecule has 4 nitrogen and oxygen atoms in total. The molecule has 40 heavy (non-hydrogen) atoms. The van der Waals surface area contributed by atoms with Crippen molar-refractivity contribution in [1.29, 1.82) is 0 Å². The van der Waals surface area contributed by atoms with Crippen molar-refractivity contribution >= 4 is 6.09 Å². The van der Waals surface area contributed by atoms with Crippen molar-refractivity contribution < 1.29 is 103 Å². The van der Waals surface area contributed by atoms with Crippen LogP contribution >= 0.6 is 0 Å². The SMILES string of the molecule is CC(F)(F)C(F)(F)C(F)(F)C(F)(F)C(F)(F)C(F)(F)C(F)(F)C(F)(F)C(F)(F)C(O)(F)F.CCCCNC(=O)O. The van der Waals surface area contributed by atoms with E-state index in [2.05, 4.69) is 5.32 Å². The van der Waals surface area contributed by atoms with Gasteiger partial charge in [-0.05, 0) is 6.42 Å². The van der Waals surface area contributed by atoms with Gasteiger partial charge in [0.15, 0.2) is 0 Å². The first kappa shape index (κ1) is 40.0. The second-order valence-corrected chi connectivity index (χ2v) is 7.61. The average Bonchev–Trinajstić information content (AvgIpc) is 2.71. The van der Waals surface area contributed by atoms with E-state index in [4.69, 9.17) is 10.2 Å². The lowest BCUT2D eigenvalue weighted by Gasteiger charge is -2.44. The fraction of sp³-hybridized carbons (Fsp3) is 0.938. The molecular formula is C16H15F20NO3. The molecule has 0 aliphatic carbocycles. The largest absolute Gasteiger partial charge is 0.465 e. The number of hydrogen-bond donors (Lipinski definition) is 3. The number of halogens is 20. The number of alkyl halides is 20. The molecule has 0 aromatic rings. The normalized spacial score (nSPS) is 15.4. The molecule has 0 unspecified atom stereocenters. The van der Waals surface area contributed by atoms with Gasteiger partial charge in [0.25, 0.3) is 0 Å².